The summed E-state index contributed by atoms with van der Waals surface area (Å²) in [6, 6.07) is 19.7. The normalized spacial score (nSPS) is 14.3. The number of hydrogen-bond donors (Lipinski definition) is 3. The molecule has 3 heterocycles. The second kappa shape index (κ2) is 10.4. The average Bonchev–Trinajstić information content (AvgIpc) is 3.56. The second-order valence-electron chi connectivity index (χ2n) is 9.42. The van der Waals surface area contributed by atoms with Crippen LogP contribution in [0.5, 0.6) is 5.75 Å². The molecule has 1 amide bonds. The molecule has 1 aliphatic heterocycles. The van der Waals surface area contributed by atoms with Crippen molar-refractivity contribution < 1.29 is 9.53 Å². The number of fused-ring (bicyclic) bond motifs is 2. The molecule has 0 unspecified atom stereocenters. The molecule has 0 radical (unpaired) electrons. The number of halogens is 1. The molecule has 0 aliphatic carbocycles. The second-order valence-corrected chi connectivity index (χ2v) is 9.80. The molecular weight excluding hydrogens is 502 g/mol. The first-order chi connectivity index (χ1) is 18.6. The summed E-state index contributed by atoms with van der Waals surface area (Å²) in [7, 11) is 2.17. The van der Waals surface area contributed by atoms with E-state index in [0.29, 0.717) is 18.2 Å². The molecule has 1 aliphatic rings. The molecule has 6 rings (SSSR count). The number of carbonyl (C=O) groups excluding carboxylic acids is 1. The van der Waals surface area contributed by atoms with E-state index >= 15 is 0 Å². The molecule has 0 atom stereocenters. The van der Waals surface area contributed by atoms with E-state index < -0.39 is 6.09 Å². The van der Waals surface area contributed by atoms with E-state index in [1.165, 1.54) is 5.69 Å². The highest BCUT2D eigenvalue weighted by molar-refractivity contribution is 6.18. The van der Waals surface area contributed by atoms with Gasteiger partial charge in [-0.3, -0.25) is 0 Å². The third kappa shape index (κ3) is 5.03. The number of alkyl halides is 1. The van der Waals surface area contributed by atoms with Crippen LogP contribution in [-0.2, 0) is 0 Å². The number of nitrogens with zero attached hydrogens (tertiary/aromatic N) is 4. The van der Waals surface area contributed by atoms with Gasteiger partial charge in [0.1, 0.15) is 17.4 Å². The van der Waals surface area contributed by atoms with E-state index in [-0.39, 0.29) is 0 Å². The first-order valence-corrected chi connectivity index (χ1v) is 13.1. The minimum atomic E-state index is -0.532. The summed E-state index contributed by atoms with van der Waals surface area (Å²) in [5.41, 5.74) is 6.84. The predicted molar refractivity (Wildman–Crippen MR) is 151 cm³/mol. The van der Waals surface area contributed by atoms with Crippen LogP contribution in [0, 0.1) is 0 Å². The summed E-state index contributed by atoms with van der Waals surface area (Å²) in [5.74, 6) is 2.33. The van der Waals surface area contributed by atoms with Crippen LogP contribution in [-0.4, -0.2) is 76.6 Å². The molecule has 5 aromatic rings. The summed E-state index contributed by atoms with van der Waals surface area (Å²) >= 11 is 5.58. The third-order valence-corrected chi connectivity index (χ3v) is 6.98. The Morgan fingerprint density at radius 3 is 2.24 bits per heavy atom. The van der Waals surface area contributed by atoms with Gasteiger partial charge in [0.05, 0.1) is 22.1 Å². The van der Waals surface area contributed by atoms with Crippen molar-refractivity contribution in [3.63, 3.8) is 0 Å². The van der Waals surface area contributed by atoms with Crippen molar-refractivity contribution in [3.05, 3.63) is 60.7 Å². The highest BCUT2D eigenvalue weighted by Gasteiger charge is 2.16. The molecule has 1 fully saturated rings. The molecule has 0 saturated carbocycles. The Kier molecular flexibility index (Phi) is 6.61. The van der Waals surface area contributed by atoms with E-state index in [1.54, 1.807) is 12.1 Å². The number of amides is 1. The van der Waals surface area contributed by atoms with E-state index in [0.717, 1.165) is 71.0 Å². The molecule has 0 spiro atoms. The molecular formula is C28H28ClN7O2. The minimum Gasteiger partial charge on any atom is -0.410 e. The number of anilines is 1. The summed E-state index contributed by atoms with van der Waals surface area (Å²) < 4.78 is 5.25. The van der Waals surface area contributed by atoms with Crippen molar-refractivity contribution in [1.82, 2.24) is 30.2 Å². The maximum atomic E-state index is 11.7. The van der Waals surface area contributed by atoms with Crippen LogP contribution in [0.1, 0.15) is 0 Å². The number of benzene rings is 3. The SMILES string of the molecule is CN1CCN(c2ccc3nc(-c4ccc5nc(-c6ccc(OC(=O)NCCCl)cc6)[nH]c5c4)[nH]c3c2)CC1. The van der Waals surface area contributed by atoms with Crippen molar-refractivity contribution >= 4 is 45.4 Å². The largest absolute Gasteiger partial charge is 0.412 e. The first kappa shape index (κ1) is 24.3. The Hall–Kier alpha value is -4.08. The number of nitrogens with one attached hydrogen (secondary N) is 3. The average molecular weight is 530 g/mol. The van der Waals surface area contributed by atoms with Gasteiger partial charge in [-0.1, -0.05) is 0 Å². The number of likely N-dealkylation sites (N-methyl/N-ethyl adjacent to an activating group) is 1. The molecule has 10 heteroatoms. The maximum absolute atomic E-state index is 11.7. The quantitative estimate of drug-likeness (QED) is 0.272. The zero-order chi connectivity index (χ0) is 26.1. The number of carbonyl (C=O) groups is 1. The molecule has 2 aromatic heterocycles. The van der Waals surface area contributed by atoms with E-state index in [2.05, 4.69) is 56.4 Å². The standard InChI is InChI=1S/C28H28ClN7O2/c1-35-12-14-36(15-13-35)20-5-9-23-25(17-20)34-27(32-23)19-4-8-22-24(16-19)33-26(31-22)18-2-6-21(7-3-18)38-28(37)30-11-10-29/h2-9,16-17H,10-15H2,1H3,(H,30,37)(H,31,33)(H,32,34). The fourth-order valence-electron chi connectivity index (χ4n) is 4.66. The fraction of sp³-hybridized carbons (Fsp3) is 0.250. The van der Waals surface area contributed by atoms with Gasteiger partial charge in [-0.2, -0.15) is 0 Å². The summed E-state index contributed by atoms with van der Waals surface area (Å²) in [4.78, 5) is 33.0. The zero-order valence-corrected chi connectivity index (χ0v) is 21.8. The Labute approximate surface area is 224 Å². The topological polar surface area (TPSA) is 102 Å². The lowest BCUT2D eigenvalue weighted by Crippen LogP contribution is -2.44. The minimum absolute atomic E-state index is 0.329. The van der Waals surface area contributed by atoms with Gasteiger partial charge in [0.15, 0.2) is 0 Å². The molecule has 3 aromatic carbocycles. The Balaban J connectivity index is 1.21. The summed E-state index contributed by atoms with van der Waals surface area (Å²) in [6.45, 7) is 4.55. The van der Waals surface area contributed by atoms with Crippen LogP contribution in [0.25, 0.3) is 44.8 Å². The van der Waals surface area contributed by atoms with Gasteiger partial charge in [0, 0.05) is 55.4 Å². The molecule has 1 saturated heterocycles. The van der Waals surface area contributed by atoms with Crippen molar-refractivity contribution in [2.75, 3.05) is 50.6 Å². The Morgan fingerprint density at radius 2 is 1.53 bits per heavy atom. The predicted octanol–water partition coefficient (Wildman–Crippen LogP) is 4.85. The van der Waals surface area contributed by atoms with Crippen LogP contribution in [0.2, 0.25) is 0 Å². The van der Waals surface area contributed by atoms with Crippen molar-refractivity contribution in [1.29, 1.82) is 0 Å². The van der Waals surface area contributed by atoms with Crippen LogP contribution in [0.4, 0.5) is 10.5 Å². The number of H-pyrrole nitrogens is 2. The van der Waals surface area contributed by atoms with Crippen LogP contribution in [0.15, 0.2) is 60.7 Å². The lowest BCUT2D eigenvalue weighted by molar-refractivity contribution is 0.201. The first-order valence-electron chi connectivity index (χ1n) is 12.6. The van der Waals surface area contributed by atoms with Crippen molar-refractivity contribution in [3.8, 4) is 28.5 Å². The van der Waals surface area contributed by atoms with Crippen LogP contribution < -0.4 is 15.0 Å². The van der Waals surface area contributed by atoms with E-state index in [4.69, 9.17) is 26.3 Å². The maximum Gasteiger partial charge on any atom is 0.412 e. The van der Waals surface area contributed by atoms with E-state index in [1.807, 2.05) is 24.3 Å². The van der Waals surface area contributed by atoms with E-state index in [9.17, 15) is 4.79 Å². The Morgan fingerprint density at radius 1 is 0.895 bits per heavy atom. The number of imidazole rings is 2. The van der Waals surface area contributed by atoms with Crippen LogP contribution >= 0.6 is 11.6 Å². The number of aromatic amines is 2. The lowest BCUT2D eigenvalue weighted by atomic mass is 10.2. The van der Waals surface area contributed by atoms with Gasteiger partial charge in [0.2, 0.25) is 0 Å². The smallest absolute Gasteiger partial charge is 0.410 e. The number of ether oxygens (including phenoxy) is 1. The molecule has 38 heavy (non-hydrogen) atoms. The molecule has 0 bridgehead atoms. The third-order valence-electron chi connectivity index (χ3n) is 6.79. The van der Waals surface area contributed by atoms with Crippen molar-refractivity contribution in [2.45, 2.75) is 0 Å². The van der Waals surface area contributed by atoms with Gasteiger partial charge in [-0.25, -0.2) is 14.8 Å². The highest BCUT2D eigenvalue weighted by atomic mass is 35.5. The van der Waals surface area contributed by atoms with Gasteiger partial charge < -0.3 is 29.8 Å². The van der Waals surface area contributed by atoms with Crippen molar-refractivity contribution in [2.24, 2.45) is 0 Å². The number of piperazine rings is 1. The fourth-order valence-corrected chi connectivity index (χ4v) is 4.76. The highest BCUT2D eigenvalue weighted by Crippen LogP contribution is 2.28. The van der Waals surface area contributed by atoms with Gasteiger partial charge in [-0.15, -0.1) is 11.6 Å². The van der Waals surface area contributed by atoms with Gasteiger partial charge in [0.25, 0.3) is 0 Å². The van der Waals surface area contributed by atoms with Gasteiger partial charge in [-0.05, 0) is 67.7 Å². The summed E-state index contributed by atoms with van der Waals surface area (Å²) in [6.07, 6.45) is -0.532. The lowest BCUT2D eigenvalue weighted by Gasteiger charge is -2.34. The van der Waals surface area contributed by atoms with Crippen LogP contribution in [0.3, 0.4) is 0 Å². The number of hydrogen-bond acceptors (Lipinski definition) is 6. The summed E-state index contributed by atoms with van der Waals surface area (Å²) in [5, 5.41) is 2.57. The monoisotopic (exact) mass is 529 g/mol. The Bertz CT molecular complexity index is 1590. The number of aromatic nitrogens is 4. The number of rotatable bonds is 6. The van der Waals surface area contributed by atoms with Gasteiger partial charge >= 0.3 is 6.09 Å². The zero-order valence-electron chi connectivity index (χ0n) is 21.0. The molecule has 9 nitrogen and oxygen atoms in total. The molecule has 194 valence electrons. The molecule has 3 N–H and O–H groups in total.